The van der Waals surface area contributed by atoms with Gasteiger partial charge in [-0.1, -0.05) is 12.2 Å². The van der Waals surface area contributed by atoms with Crippen molar-refractivity contribution >= 4 is 23.0 Å². The Bertz CT molecular complexity index is 404. The van der Waals surface area contributed by atoms with Crippen LogP contribution in [-0.2, 0) is 4.74 Å². The maximum Gasteiger partial charge on any atom is 0.129 e. The van der Waals surface area contributed by atoms with Crippen LogP contribution in [0.15, 0.2) is 18.3 Å². The first-order valence-corrected chi connectivity index (χ1v) is 6.16. The monoisotopic (exact) mass is 251 g/mol. The Kier molecular flexibility index (Phi) is 3.91. The number of rotatable bonds is 3. The van der Waals surface area contributed by atoms with Crippen LogP contribution in [-0.4, -0.2) is 36.3 Å². The average molecular weight is 251 g/mol. The van der Waals surface area contributed by atoms with Gasteiger partial charge in [-0.2, -0.15) is 0 Å². The van der Waals surface area contributed by atoms with Crippen molar-refractivity contribution in [2.75, 3.05) is 25.2 Å². The molecule has 2 heterocycles. The molecule has 4 nitrogen and oxygen atoms in total. The molecule has 0 atom stereocenters. The second-order valence-electron chi connectivity index (χ2n) is 4.22. The fourth-order valence-corrected chi connectivity index (χ4v) is 2.15. The SMILES string of the molecule is CN(c1cc(C(N)=S)ccn1)C1CCOCC1. The van der Waals surface area contributed by atoms with Gasteiger partial charge in [-0.05, 0) is 25.0 Å². The molecule has 0 unspecified atom stereocenters. The standard InChI is InChI=1S/C12H17N3OS/c1-15(10-3-6-16-7-4-10)11-8-9(12(13)17)2-5-14-11/h2,5,8,10H,3-4,6-7H2,1H3,(H2,13,17). The Labute approximate surface area is 107 Å². The van der Waals surface area contributed by atoms with Gasteiger partial charge in [0.15, 0.2) is 0 Å². The molecule has 0 spiro atoms. The molecule has 92 valence electrons. The smallest absolute Gasteiger partial charge is 0.129 e. The predicted molar refractivity (Wildman–Crippen MR) is 72.4 cm³/mol. The van der Waals surface area contributed by atoms with E-state index in [1.165, 1.54) is 0 Å². The molecule has 1 aromatic rings. The molecule has 0 bridgehead atoms. The normalized spacial score (nSPS) is 16.8. The molecule has 1 aliphatic heterocycles. The van der Waals surface area contributed by atoms with Crippen LogP contribution in [0.5, 0.6) is 0 Å². The molecular formula is C12H17N3OS. The minimum Gasteiger partial charge on any atom is -0.389 e. The molecular weight excluding hydrogens is 234 g/mol. The molecule has 0 radical (unpaired) electrons. The summed E-state index contributed by atoms with van der Waals surface area (Å²) in [5.74, 6) is 0.919. The number of pyridine rings is 1. The van der Waals surface area contributed by atoms with Crippen molar-refractivity contribution in [3.8, 4) is 0 Å². The minimum absolute atomic E-state index is 0.411. The minimum atomic E-state index is 0.411. The lowest BCUT2D eigenvalue weighted by molar-refractivity contribution is 0.0853. The first-order chi connectivity index (χ1) is 8.18. The zero-order chi connectivity index (χ0) is 12.3. The quantitative estimate of drug-likeness (QED) is 0.821. The summed E-state index contributed by atoms with van der Waals surface area (Å²) in [7, 11) is 2.06. The van der Waals surface area contributed by atoms with Gasteiger partial charge in [0.25, 0.3) is 0 Å². The van der Waals surface area contributed by atoms with Crippen molar-refractivity contribution in [2.45, 2.75) is 18.9 Å². The van der Waals surface area contributed by atoms with E-state index in [9.17, 15) is 0 Å². The zero-order valence-corrected chi connectivity index (χ0v) is 10.7. The molecule has 1 fully saturated rings. The highest BCUT2D eigenvalue weighted by atomic mass is 32.1. The number of nitrogens with zero attached hydrogens (tertiary/aromatic N) is 2. The summed E-state index contributed by atoms with van der Waals surface area (Å²) in [6, 6.07) is 4.26. The summed E-state index contributed by atoms with van der Waals surface area (Å²) in [6.07, 6.45) is 3.82. The molecule has 1 aromatic heterocycles. The van der Waals surface area contributed by atoms with Crippen LogP contribution in [0.3, 0.4) is 0 Å². The Morgan fingerprint density at radius 3 is 2.88 bits per heavy atom. The van der Waals surface area contributed by atoms with Gasteiger partial charge in [0, 0.05) is 38.1 Å². The van der Waals surface area contributed by atoms with Gasteiger partial charge < -0.3 is 15.4 Å². The predicted octanol–water partition coefficient (Wildman–Crippen LogP) is 1.33. The third-order valence-corrected chi connectivity index (χ3v) is 3.37. The lowest BCUT2D eigenvalue weighted by atomic mass is 10.1. The summed E-state index contributed by atoms with van der Waals surface area (Å²) in [5.41, 5.74) is 6.49. The Balaban J connectivity index is 2.14. The Morgan fingerprint density at radius 1 is 1.53 bits per heavy atom. The van der Waals surface area contributed by atoms with Crippen LogP contribution in [0.2, 0.25) is 0 Å². The van der Waals surface area contributed by atoms with E-state index in [-0.39, 0.29) is 0 Å². The lowest BCUT2D eigenvalue weighted by Crippen LogP contribution is -2.37. The number of ether oxygens (including phenoxy) is 1. The summed E-state index contributed by atoms with van der Waals surface area (Å²) in [5, 5.41) is 0. The van der Waals surface area contributed by atoms with E-state index in [1.54, 1.807) is 6.20 Å². The summed E-state index contributed by atoms with van der Waals surface area (Å²) in [4.78, 5) is 6.96. The van der Waals surface area contributed by atoms with E-state index in [1.807, 2.05) is 12.1 Å². The van der Waals surface area contributed by atoms with Crippen LogP contribution in [0.25, 0.3) is 0 Å². The molecule has 2 rings (SSSR count). The van der Waals surface area contributed by atoms with E-state index < -0.39 is 0 Å². The maximum absolute atomic E-state index is 5.63. The molecule has 1 saturated heterocycles. The number of thiocarbonyl (C=S) groups is 1. The summed E-state index contributed by atoms with van der Waals surface area (Å²) in [6.45, 7) is 1.65. The van der Waals surface area contributed by atoms with Crippen molar-refractivity contribution in [3.05, 3.63) is 23.9 Å². The van der Waals surface area contributed by atoms with E-state index >= 15 is 0 Å². The van der Waals surface area contributed by atoms with Gasteiger partial charge >= 0.3 is 0 Å². The molecule has 1 aliphatic rings. The highest BCUT2D eigenvalue weighted by molar-refractivity contribution is 7.80. The molecule has 2 N–H and O–H groups in total. The first-order valence-electron chi connectivity index (χ1n) is 5.75. The molecule has 0 saturated carbocycles. The first kappa shape index (κ1) is 12.3. The van der Waals surface area contributed by atoms with Gasteiger partial charge in [0.1, 0.15) is 10.8 Å². The van der Waals surface area contributed by atoms with Crippen molar-refractivity contribution in [1.29, 1.82) is 0 Å². The van der Waals surface area contributed by atoms with Gasteiger partial charge in [-0.3, -0.25) is 0 Å². The largest absolute Gasteiger partial charge is 0.389 e. The fraction of sp³-hybridized carbons (Fsp3) is 0.500. The average Bonchev–Trinajstić information content (AvgIpc) is 2.39. The number of nitrogens with two attached hydrogens (primary N) is 1. The highest BCUT2D eigenvalue weighted by Gasteiger charge is 2.19. The Hall–Kier alpha value is -1.20. The van der Waals surface area contributed by atoms with Crippen molar-refractivity contribution in [2.24, 2.45) is 5.73 Å². The maximum atomic E-state index is 5.63. The van der Waals surface area contributed by atoms with E-state index in [0.717, 1.165) is 37.4 Å². The zero-order valence-electron chi connectivity index (χ0n) is 9.93. The number of hydrogen-bond donors (Lipinski definition) is 1. The number of anilines is 1. The molecule has 0 aromatic carbocycles. The van der Waals surface area contributed by atoms with E-state index in [2.05, 4.69) is 16.9 Å². The van der Waals surface area contributed by atoms with Crippen LogP contribution in [0.1, 0.15) is 18.4 Å². The van der Waals surface area contributed by atoms with Gasteiger partial charge in [-0.15, -0.1) is 0 Å². The van der Waals surface area contributed by atoms with Crippen LogP contribution in [0.4, 0.5) is 5.82 Å². The molecule has 0 amide bonds. The van der Waals surface area contributed by atoms with E-state index in [0.29, 0.717) is 11.0 Å². The van der Waals surface area contributed by atoms with Crippen molar-refractivity contribution in [3.63, 3.8) is 0 Å². The third kappa shape index (κ3) is 2.92. The van der Waals surface area contributed by atoms with Crippen LogP contribution in [0, 0.1) is 0 Å². The number of hydrogen-bond acceptors (Lipinski definition) is 4. The molecule has 5 heteroatoms. The molecule has 0 aliphatic carbocycles. The van der Waals surface area contributed by atoms with Crippen molar-refractivity contribution < 1.29 is 4.74 Å². The van der Waals surface area contributed by atoms with Gasteiger partial charge in [0.2, 0.25) is 0 Å². The Morgan fingerprint density at radius 2 is 2.24 bits per heavy atom. The van der Waals surface area contributed by atoms with E-state index in [4.69, 9.17) is 22.7 Å². The lowest BCUT2D eigenvalue weighted by Gasteiger charge is -2.32. The topological polar surface area (TPSA) is 51.4 Å². The van der Waals surface area contributed by atoms with Crippen LogP contribution >= 0.6 is 12.2 Å². The summed E-state index contributed by atoms with van der Waals surface area (Å²) < 4.78 is 5.36. The second kappa shape index (κ2) is 5.42. The third-order valence-electron chi connectivity index (χ3n) is 3.13. The van der Waals surface area contributed by atoms with Crippen molar-refractivity contribution in [1.82, 2.24) is 4.98 Å². The molecule has 17 heavy (non-hydrogen) atoms. The second-order valence-corrected chi connectivity index (χ2v) is 4.66. The van der Waals surface area contributed by atoms with Gasteiger partial charge in [0.05, 0.1) is 0 Å². The highest BCUT2D eigenvalue weighted by Crippen LogP contribution is 2.19. The summed E-state index contributed by atoms with van der Waals surface area (Å²) >= 11 is 4.98. The fourth-order valence-electron chi connectivity index (χ4n) is 2.02. The van der Waals surface area contributed by atoms with Gasteiger partial charge in [-0.25, -0.2) is 4.98 Å². The van der Waals surface area contributed by atoms with Crippen LogP contribution < -0.4 is 10.6 Å². The number of aromatic nitrogens is 1.